The van der Waals surface area contributed by atoms with Crippen LogP contribution in [0.15, 0.2) is 48.5 Å². The molecule has 0 fully saturated rings. The lowest BCUT2D eigenvalue weighted by molar-refractivity contribution is 0.0527. The van der Waals surface area contributed by atoms with Crippen LogP contribution in [0.3, 0.4) is 0 Å². The molecule has 0 aliphatic heterocycles. The average molecular weight is 285 g/mol. The third-order valence-corrected chi connectivity index (χ3v) is 3.04. The molecule has 0 unspecified atom stereocenters. The first-order valence-corrected chi connectivity index (χ1v) is 6.87. The van der Waals surface area contributed by atoms with Gasteiger partial charge in [0, 0.05) is 12.2 Å². The van der Waals surface area contributed by atoms with Crippen molar-refractivity contribution >= 4 is 11.7 Å². The highest BCUT2D eigenvalue weighted by Gasteiger charge is 2.11. The quantitative estimate of drug-likeness (QED) is 0.825. The smallest absolute Gasteiger partial charge is 0.340 e. The number of hydrogen-bond acceptors (Lipinski definition) is 4. The van der Waals surface area contributed by atoms with Crippen LogP contribution in [0.2, 0.25) is 0 Å². The number of anilines is 1. The van der Waals surface area contributed by atoms with Gasteiger partial charge in [0.2, 0.25) is 0 Å². The number of methoxy groups -OCH3 is 1. The Morgan fingerprint density at radius 3 is 2.71 bits per heavy atom. The van der Waals surface area contributed by atoms with Crippen molar-refractivity contribution in [3.8, 4) is 5.75 Å². The molecule has 0 spiro atoms. The number of esters is 1. The Balaban J connectivity index is 2.10. The number of carbonyl (C=O) groups is 1. The summed E-state index contributed by atoms with van der Waals surface area (Å²) in [6, 6.07) is 15.1. The van der Waals surface area contributed by atoms with Crippen molar-refractivity contribution in [1.82, 2.24) is 0 Å². The SMILES string of the molecule is CCOC(=O)c1ccccc1NCc1cccc(OC)c1. The monoisotopic (exact) mass is 285 g/mol. The maximum absolute atomic E-state index is 11.9. The molecule has 0 heterocycles. The van der Waals surface area contributed by atoms with E-state index in [2.05, 4.69) is 5.32 Å². The van der Waals surface area contributed by atoms with Gasteiger partial charge in [0.25, 0.3) is 0 Å². The molecule has 21 heavy (non-hydrogen) atoms. The minimum Gasteiger partial charge on any atom is -0.497 e. The molecule has 0 aliphatic rings. The second kappa shape index (κ2) is 7.33. The molecule has 0 bridgehead atoms. The highest BCUT2D eigenvalue weighted by Crippen LogP contribution is 2.19. The molecule has 4 heteroatoms. The molecular formula is C17H19NO3. The Kier molecular flexibility index (Phi) is 5.21. The minimum absolute atomic E-state index is 0.314. The van der Waals surface area contributed by atoms with E-state index in [0.717, 1.165) is 17.0 Å². The van der Waals surface area contributed by atoms with Gasteiger partial charge < -0.3 is 14.8 Å². The van der Waals surface area contributed by atoms with Crippen molar-refractivity contribution in [2.24, 2.45) is 0 Å². The molecule has 110 valence electrons. The molecule has 0 amide bonds. The summed E-state index contributed by atoms with van der Waals surface area (Å²) in [6.45, 7) is 2.76. The van der Waals surface area contributed by atoms with Gasteiger partial charge >= 0.3 is 5.97 Å². The summed E-state index contributed by atoms with van der Waals surface area (Å²) in [5.41, 5.74) is 2.38. The van der Waals surface area contributed by atoms with Gasteiger partial charge in [0.15, 0.2) is 0 Å². The predicted molar refractivity (Wildman–Crippen MR) is 82.7 cm³/mol. The molecular weight excluding hydrogens is 266 g/mol. The molecule has 0 aliphatic carbocycles. The van der Waals surface area contributed by atoms with E-state index in [1.165, 1.54) is 0 Å². The molecule has 0 atom stereocenters. The van der Waals surface area contributed by atoms with E-state index in [4.69, 9.17) is 9.47 Å². The van der Waals surface area contributed by atoms with Crippen molar-refractivity contribution in [3.63, 3.8) is 0 Å². The molecule has 1 N–H and O–H groups in total. The van der Waals surface area contributed by atoms with Crippen LogP contribution in [0.1, 0.15) is 22.8 Å². The lowest BCUT2D eigenvalue weighted by Gasteiger charge is -2.11. The summed E-state index contributed by atoms with van der Waals surface area (Å²) in [6.07, 6.45) is 0. The predicted octanol–water partition coefficient (Wildman–Crippen LogP) is 3.48. The first-order chi connectivity index (χ1) is 10.2. The molecule has 4 nitrogen and oxygen atoms in total. The summed E-state index contributed by atoms with van der Waals surface area (Å²) in [4.78, 5) is 11.9. The summed E-state index contributed by atoms with van der Waals surface area (Å²) in [7, 11) is 1.64. The summed E-state index contributed by atoms with van der Waals surface area (Å²) >= 11 is 0. The van der Waals surface area contributed by atoms with Crippen LogP contribution < -0.4 is 10.1 Å². The van der Waals surface area contributed by atoms with Crippen LogP contribution in [-0.4, -0.2) is 19.7 Å². The number of nitrogens with one attached hydrogen (secondary N) is 1. The first kappa shape index (κ1) is 14.9. The third kappa shape index (κ3) is 3.99. The number of benzene rings is 2. The zero-order valence-electron chi connectivity index (χ0n) is 12.3. The topological polar surface area (TPSA) is 47.6 Å². The summed E-state index contributed by atoms with van der Waals surface area (Å²) in [5.74, 6) is 0.499. The van der Waals surface area contributed by atoms with Gasteiger partial charge in [-0.25, -0.2) is 4.79 Å². The van der Waals surface area contributed by atoms with E-state index in [-0.39, 0.29) is 5.97 Å². The zero-order valence-corrected chi connectivity index (χ0v) is 12.3. The zero-order chi connectivity index (χ0) is 15.1. The Bertz CT molecular complexity index is 610. The average Bonchev–Trinajstić information content (AvgIpc) is 2.53. The Hall–Kier alpha value is -2.49. The molecule has 2 rings (SSSR count). The van der Waals surface area contributed by atoms with Gasteiger partial charge in [-0.15, -0.1) is 0 Å². The summed E-state index contributed by atoms with van der Waals surface area (Å²) < 4.78 is 10.3. The fourth-order valence-electron chi connectivity index (χ4n) is 2.00. The summed E-state index contributed by atoms with van der Waals surface area (Å²) in [5, 5.41) is 3.26. The van der Waals surface area contributed by atoms with Crippen molar-refractivity contribution in [3.05, 3.63) is 59.7 Å². The van der Waals surface area contributed by atoms with Gasteiger partial charge in [-0.3, -0.25) is 0 Å². The third-order valence-electron chi connectivity index (χ3n) is 3.04. The van der Waals surface area contributed by atoms with Gasteiger partial charge in [0.05, 0.1) is 19.3 Å². The van der Waals surface area contributed by atoms with Crippen LogP contribution in [0, 0.1) is 0 Å². The maximum atomic E-state index is 11.9. The highest BCUT2D eigenvalue weighted by atomic mass is 16.5. The fraction of sp³-hybridized carbons (Fsp3) is 0.235. The minimum atomic E-state index is -0.314. The van der Waals surface area contributed by atoms with E-state index in [1.54, 1.807) is 20.1 Å². The van der Waals surface area contributed by atoms with Crippen molar-refractivity contribution < 1.29 is 14.3 Å². The Labute approximate surface area is 124 Å². The van der Waals surface area contributed by atoms with E-state index in [1.807, 2.05) is 42.5 Å². The number of ether oxygens (including phenoxy) is 2. The van der Waals surface area contributed by atoms with Gasteiger partial charge in [-0.1, -0.05) is 24.3 Å². The van der Waals surface area contributed by atoms with Crippen LogP contribution in [0.5, 0.6) is 5.75 Å². The molecule has 2 aromatic rings. The number of rotatable bonds is 6. The highest BCUT2D eigenvalue weighted by molar-refractivity contribution is 5.95. The molecule has 0 aromatic heterocycles. The second-order valence-electron chi connectivity index (χ2n) is 4.47. The number of carbonyl (C=O) groups excluding carboxylic acids is 1. The molecule has 0 saturated heterocycles. The number of hydrogen-bond donors (Lipinski definition) is 1. The molecule has 0 saturated carbocycles. The van der Waals surface area contributed by atoms with Gasteiger partial charge in [-0.2, -0.15) is 0 Å². The van der Waals surface area contributed by atoms with Crippen LogP contribution in [0.4, 0.5) is 5.69 Å². The largest absolute Gasteiger partial charge is 0.497 e. The maximum Gasteiger partial charge on any atom is 0.340 e. The van der Waals surface area contributed by atoms with E-state index in [0.29, 0.717) is 18.7 Å². The van der Waals surface area contributed by atoms with Crippen molar-refractivity contribution in [1.29, 1.82) is 0 Å². The van der Waals surface area contributed by atoms with Gasteiger partial charge in [0.1, 0.15) is 5.75 Å². The van der Waals surface area contributed by atoms with Crippen LogP contribution in [0.25, 0.3) is 0 Å². The van der Waals surface area contributed by atoms with E-state index in [9.17, 15) is 4.79 Å². The Morgan fingerprint density at radius 1 is 1.14 bits per heavy atom. The normalized spacial score (nSPS) is 10.0. The van der Waals surface area contributed by atoms with Gasteiger partial charge in [-0.05, 0) is 36.8 Å². The van der Waals surface area contributed by atoms with Crippen molar-refractivity contribution in [2.75, 3.05) is 19.0 Å². The first-order valence-electron chi connectivity index (χ1n) is 6.87. The van der Waals surface area contributed by atoms with Crippen LogP contribution >= 0.6 is 0 Å². The lowest BCUT2D eigenvalue weighted by atomic mass is 10.1. The van der Waals surface area contributed by atoms with E-state index < -0.39 is 0 Å². The Morgan fingerprint density at radius 2 is 1.95 bits per heavy atom. The molecule has 2 aromatic carbocycles. The number of para-hydroxylation sites is 1. The fourth-order valence-corrected chi connectivity index (χ4v) is 2.00. The van der Waals surface area contributed by atoms with E-state index >= 15 is 0 Å². The lowest BCUT2D eigenvalue weighted by Crippen LogP contribution is -2.09. The molecule has 0 radical (unpaired) electrons. The second-order valence-corrected chi connectivity index (χ2v) is 4.47. The standard InChI is InChI=1S/C17H19NO3/c1-3-21-17(19)15-9-4-5-10-16(15)18-12-13-7-6-8-14(11-13)20-2/h4-11,18H,3,12H2,1-2H3. The van der Waals surface area contributed by atoms with Crippen molar-refractivity contribution in [2.45, 2.75) is 13.5 Å². The van der Waals surface area contributed by atoms with Crippen LogP contribution in [-0.2, 0) is 11.3 Å².